The van der Waals surface area contributed by atoms with Crippen LogP contribution < -0.4 is 15.5 Å². The topological polar surface area (TPSA) is 151 Å². The Morgan fingerprint density at radius 3 is 2.42 bits per heavy atom. The predicted molar refractivity (Wildman–Crippen MR) is 216 cm³/mol. The molecule has 0 spiro atoms. The Bertz CT molecular complexity index is 1800. The van der Waals surface area contributed by atoms with Gasteiger partial charge in [-0.3, -0.25) is 39.3 Å². The van der Waals surface area contributed by atoms with E-state index in [0.29, 0.717) is 45.8 Å². The molecule has 1 saturated carbocycles. The van der Waals surface area contributed by atoms with Crippen LogP contribution in [0.1, 0.15) is 89.8 Å². The van der Waals surface area contributed by atoms with Crippen molar-refractivity contribution in [3.05, 3.63) is 52.8 Å². The summed E-state index contributed by atoms with van der Waals surface area (Å²) in [7, 11) is 0. The van der Waals surface area contributed by atoms with Gasteiger partial charge in [0.15, 0.2) is 5.11 Å². The standard InChI is InChI=1S/C39H49ClN8O5S.ClH/c1-24-21-45(22-25(2)46(24)23-35(50)43-27-7-14-33(42-20-27)31-13-15-34(49)44-36(31)51)16-5-17-53-30-11-9-28(10-12-30)48-38(54)47(37(52)39(48,3)4)29-8-6-26(19-41)32(40)18-29;/h6-8,14,18,20,24-25,28,30-31H,5,9-13,15-17,21-23H2,1-4H3,(H,43,50)(H,44,49,51);1H/t24-,25+,28?,30?,31?;. The normalized spacial score (nSPS) is 26.0. The van der Waals surface area contributed by atoms with Crippen molar-refractivity contribution in [1.82, 2.24) is 25.0 Å². The number of carbonyl (C=O) groups excluding carboxylic acids is 4. The van der Waals surface area contributed by atoms with Crippen LogP contribution in [0.3, 0.4) is 0 Å². The fraction of sp³-hybridized carbons (Fsp3) is 0.564. The summed E-state index contributed by atoms with van der Waals surface area (Å²) in [6.45, 7) is 11.7. The lowest BCUT2D eigenvalue weighted by Crippen LogP contribution is -2.58. The maximum Gasteiger partial charge on any atom is 0.258 e. The highest BCUT2D eigenvalue weighted by Crippen LogP contribution is 2.39. The minimum atomic E-state index is -0.803. The monoisotopic (exact) mass is 812 g/mol. The first-order valence-corrected chi connectivity index (χ1v) is 19.6. The second-order valence-corrected chi connectivity index (χ2v) is 16.2. The van der Waals surface area contributed by atoms with Crippen LogP contribution in [0.25, 0.3) is 0 Å². The van der Waals surface area contributed by atoms with Crippen molar-refractivity contribution in [2.75, 3.05) is 43.0 Å². The van der Waals surface area contributed by atoms with Crippen molar-refractivity contribution < 1.29 is 23.9 Å². The highest BCUT2D eigenvalue weighted by molar-refractivity contribution is 7.80. The second-order valence-electron chi connectivity index (χ2n) is 15.4. The van der Waals surface area contributed by atoms with Crippen LogP contribution in [0.4, 0.5) is 11.4 Å². The van der Waals surface area contributed by atoms with Crippen molar-refractivity contribution >= 4 is 76.3 Å². The van der Waals surface area contributed by atoms with Crippen molar-refractivity contribution in [2.24, 2.45) is 0 Å². The van der Waals surface area contributed by atoms with Crippen molar-refractivity contribution in [3.63, 3.8) is 0 Å². The van der Waals surface area contributed by atoms with E-state index in [-0.39, 0.29) is 73.2 Å². The summed E-state index contributed by atoms with van der Waals surface area (Å²) in [5.74, 6) is -1.28. The predicted octanol–water partition coefficient (Wildman–Crippen LogP) is 5.01. The number of rotatable bonds is 11. The molecule has 3 aliphatic heterocycles. The summed E-state index contributed by atoms with van der Waals surface area (Å²) < 4.78 is 6.35. The van der Waals surface area contributed by atoms with Crippen molar-refractivity contribution in [1.29, 1.82) is 5.26 Å². The number of nitrogens with one attached hydrogen (secondary N) is 2. The van der Waals surface area contributed by atoms with Gasteiger partial charge in [-0.25, -0.2) is 0 Å². The van der Waals surface area contributed by atoms with E-state index in [9.17, 15) is 24.4 Å². The Kier molecular flexibility index (Phi) is 13.9. The summed E-state index contributed by atoms with van der Waals surface area (Å²) in [4.78, 5) is 62.9. The fourth-order valence-corrected chi connectivity index (χ4v) is 9.16. The molecule has 296 valence electrons. The number of anilines is 2. The van der Waals surface area contributed by atoms with Crippen LogP contribution in [0.2, 0.25) is 5.02 Å². The molecule has 3 atom stereocenters. The molecule has 55 heavy (non-hydrogen) atoms. The van der Waals surface area contributed by atoms with Gasteiger partial charge in [0.1, 0.15) is 11.6 Å². The summed E-state index contributed by atoms with van der Waals surface area (Å²) in [5, 5.41) is 15.3. The van der Waals surface area contributed by atoms with E-state index in [4.69, 9.17) is 28.6 Å². The number of hydrogen-bond acceptors (Lipinski definition) is 10. The van der Waals surface area contributed by atoms with Crippen LogP contribution in [-0.4, -0.2) is 111 Å². The number of imide groups is 1. The van der Waals surface area contributed by atoms with Crippen LogP contribution in [0.15, 0.2) is 36.5 Å². The van der Waals surface area contributed by atoms with Gasteiger partial charge in [0.05, 0.1) is 52.4 Å². The summed E-state index contributed by atoms with van der Waals surface area (Å²) >= 11 is 12.2. The Morgan fingerprint density at radius 1 is 1.09 bits per heavy atom. The first kappa shape index (κ1) is 42.4. The SMILES string of the molecule is C[C@@H]1CN(CCCOC2CCC(N3C(=S)N(c4ccc(C#N)c(Cl)c4)C(=O)C3(C)C)CC2)C[C@H](C)N1CC(=O)Nc1ccc(C2CCC(=O)NC2=O)nc1.Cl. The van der Waals surface area contributed by atoms with Gasteiger partial charge in [0.25, 0.3) is 5.91 Å². The third kappa shape index (κ3) is 9.47. The molecule has 1 aliphatic carbocycles. The number of ether oxygens (including phenoxy) is 1. The molecule has 2 aromatic rings. The van der Waals surface area contributed by atoms with Gasteiger partial charge in [-0.2, -0.15) is 5.26 Å². The number of carbonyl (C=O) groups is 4. The largest absolute Gasteiger partial charge is 0.378 e. The smallest absolute Gasteiger partial charge is 0.258 e. The van der Waals surface area contributed by atoms with Crippen molar-refractivity contribution in [3.8, 4) is 6.07 Å². The molecule has 4 amide bonds. The molecule has 6 rings (SSSR count). The van der Waals surface area contributed by atoms with E-state index in [1.807, 2.05) is 13.8 Å². The highest BCUT2D eigenvalue weighted by Gasteiger charge is 2.52. The lowest BCUT2D eigenvalue weighted by Gasteiger charge is -2.44. The molecule has 0 radical (unpaired) electrons. The highest BCUT2D eigenvalue weighted by atomic mass is 35.5. The molecular formula is C39H50Cl2N8O5S. The van der Waals surface area contributed by atoms with Crippen LogP contribution >= 0.6 is 36.2 Å². The third-order valence-corrected chi connectivity index (χ3v) is 11.9. The zero-order chi connectivity index (χ0) is 38.7. The fourth-order valence-electron chi connectivity index (χ4n) is 8.38. The number of benzene rings is 1. The zero-order valence-electron chi connectivity index (χ0n) is 31.8. The number of pyridine rings is 1. The molecule has 1 aromatic heterocycles. The Balaban J connectivity index is 0.00000580. The lowest BCUT2D eigenvalue weighted by molar-refractivity contribution is -0.134. The number of piperidine rings is 1. The van der Waals surface area contributed by atoms with E-state index in [2.05, 4.69) is 50.2 Å². The van der Waals surface area contributed by atoms with E-state index >= 15 is 0 Å². The van der Waals surface area contributed by atoms with E-state index in [1.165, 1.54) is 0 Å². The number of aromatic nitrogens is 1. The first-order chi connectivity index (χ1) is 25.8. The summed E-state index contributed by atoms with van der Waals surface area (Å²) in [6.07, 6.45) is 6.90. The average Bonchev–Trinajstić information content (AvgIpc) is 3.31. The molecule has 4 aliphatic rings. The van der Waals surface area contributed by atoms with Crippen LogP contribution in [0.5, 0.6) is 0 Å². The number of nitrogens with zero attached hydrogens (tertiary/aromatic N) is 6. The molecule has 4 heterocycles. The minimum absolute atomic E-state index is 0. The van der Waals surface area contributed by atoms with Gasteiger partial charge in [0, 0.05) is 50.8 Å². The number of halogens is 2. The molecule has 4 fully saturated rings. The second kappa shape index (κ2) is 18.0. The first-order valence-electron chi connectivity index (χ1n) is 18.8. The number of hydrogen-bond donors (Lipinski definition) is 2. The molecule has 16 heteroatoms. The molecule has 13 nitrogen and oxygen atoms in total. The Morgan fingerprint density at radius 2 is 1.80 bits per heavy atom. The molecule has 3 saturated heterocycles. The molecule has 2 N–H and O–H groups in total. The van der Waals surface area contributed by atoms with Gasteiger partial charge >= 0.3 is 0 Å². The lowest BCUT2D eigenvalue weighted by atomic mass is 9.89. The maximum atomic E-state index is 13.6. The number of piperazine rings is 1. The maximum absolute atomic E-state index is 13.6. The van der Waals surface area contributed by atoms with Gasteiger partial charge < -0.3 is 19.9 Å². The molecule has 0 bridgehead atoms. The number of nitriles is 1. The Labute approximate surface area is 339 Å². The van der Waals surface area contributed by atoms with Crippen molar-refractivity contribution in [2.45, 2.75) is 108 Å². The molecule has 1 unspecified atom stereocenters. The van der Waals surface area contributed by atoms with E-state index in [1.54, 1.807) is 41.4 Å². The van der Waals surface area contributed by atoms with E-state index in [0.717, 1.165) is 51.7 Å². The summed E-state index contributed by atoms with van der Waals surface area (Å²) in [5.41, 5.74) is 1.27. The van der Waals surface area contributed by atoms with Gasteiger partial charge in [-0.1, -0.05) is 11.6 Å². The zero-order valence-corrected chi connectivity index (χ0v) is 34.1. The summed E-state index contributed by atoms with van der Waals surface area (Å²) in [6, 6.07) is 11.0. The molecule has 1 aromatic carbocycles. The molecular weight excluding hydrogens is 763 g/mol. The number of amides is 4. The van der Waals surface area contributed by atoms with Crippen LogP contribution in [-0.2, 0) is 23.9 Å². The average molecular weight is 814 g/mol. The van der Waals surface area contributed by atoms with Crippen LogP contribution in [0, 0.1) is 11.3 Å². The third-order valence-electron chi connectivity index (χ3n) is 11.2. The Hall–Kier alpha value is -3.71. The van der Waals surface area contributed by atoms with E-state index < -0.39 is 11.5 Å². The van der Waals surface area contributed by atoms with Gasteiger partial charge in [0.2, 0.25) is 17.7 Å². The minimum Gasteiger partial charge on any atom is -0.378 e. The number of thiocarbonyl (C=S) groups is 1. The van der Waals surface area contributed by atoms with Gasteiger partial charge in [-0.15, -0.1) is 12.4 Å². The quantitative estimate of drug-likeness (QED) is 0.179. The van der Waals surface area contributed by atoms with Gasteiger partial charge in [-0.05, 0) is 109 Å².